The summed E-state index contributed by atoms with van der Waals surface area (Å²) >= 11 is 0. The lowest BCUT2D eigenvalue weighted by molar-refractivity contribution is -0.134. The number of benzene rings is 2. The van der Waals surface area contributed by atoms with E-state index in [1.165, 1.54) is 16.9 Å². The van der Waals surface area contributed by atoms with Crippen LogP contribution in [0.2, 0.25) is 0 Å². The Balaban J connectivity index is 1.69. The molecule has 1 N–H and O–H groups in total. The summed E-state index contributed by atoms with van der Waals surface area (Å²) in [5.74, 6) is -0.116. The molecule has 2 aliphatic heterocycles. The lowest BCUT2D eigenvalue weighted by Crippen LogP contribution is -2.70. The number of carbonyl (C=O) groups is 3. The molecule has 0 bridgehead atoms. The predicted molar refractivity (Wildman–Crippen MR) is 114 cm³/mol. The highest BCUT2D eigenvalue weighted by atomic mass is 16.5. The molecular weight excluding hydrogens is 398 g/mol. The Morgan fingerprint density at radius 2 is 1.84 bits per heavy atom. The number of nitrogens with zero attached hydrogens (tertiary/aromatic N) is 2. The zero-order valence-corrected chi connectivity index (χ0v) is 17.6. The molecule has 0 radical (unpaired) electrons. The van der Waals surface area contributed by atoms with Crippen molar-refractivity contribution in [2.45, 2.75) is 25.0 Å². The van der Waals surface area contributed by atoms with Gasteiger partial charge in [-0.1, -0.05) is 24.3 Å². The van der Waals surface area contributed by atoms with Crippen LogP contribution in [0.5, 0.6) is 5.75 Å². The van der Waals surface area contributed by atoms with Gasteiger partial charge in [0.2, 0.25) is 11.6 Å². The molecule has 1 saturated heterocycles. The summed E-state index contributed by atoms with van der Waals surface area (Å²) in [4.78, 5) is 42.9. The van der Waals surface area contributed by atoms with Crippen molar-refractivity contribution in [1.29, 1.82) is 0 Å². The number of hydrogen-bond donors (Lipinski definition) is 1. The maximum atomic E-state index is 13.6. The fourth-order valence-corrected chi connectivity index (χ4v) is 4.34. The third kappa shape index (κ3) is 3.42. The van der Waals surface area contributed by atoms with Gasteiger partial charge in [0, 0.05) is 33.0 Å². The van der Waals surface area contributed by atoms with Gasteiger partial charge in [-0.05, 0) is 29.8 Å². The maximum Gasteiger partial charge on any atom is 0.267 e. The van der Waals surface area contributed by atoms with Gasteiger partial charge in [-0.2, -0.15) is 0 Å². The minimum atomic E-state index is -1.41. The Hall–Kier alpha value is -3.39. The number of fused-ring (bicyclic) bond motifs is 3. The summed E-state index contributed by atoms with van der Waals surface area (Å²) in [5, 5.41) is 2.94. The van der Waals surface area contributed by atoms with Crippen LogP contribution in [0.1, 0.15) is 28.8 Å². The lowest BCUT2D eigenvalue weighted by Gasteiger charge is -2.49. The summed E-state index contributed by atoms with van der Waals surface area (Å²) in [6.45, 7) is 0.716. The average Bonchev–Trinajstić information content (AvgIpc) is 3.16. The minimum absolute atomic E-state index is 0.179. The number of methoxy groups -OCH3 is 2. The van der Waals surface area contributed by atoms with Crippen LogP contribution >= 0.6 is 0 Å². The fraction of sp³-hybridized carbons (Fsp3) is 0.348. The van der Waals surface area contributed by atoms with E-state index in [-0.39, 0.29) is 50.3 Å². The smallest absolute Gasteiger partial charge is 0.267 e. The summed E-state index contributed by atoms with van der Waals surface area (Å²) in [7, 11) is 3.13. The number of rotatable bonds is 7. The van der Waals surface area contributed by atoms with E-state index in [0.29, 0.717) is 11.3 Å². The van der Waals surface area contributed by atoms with Gasteiger partial charge in [0.05, 0.1) is 25.0 Å². The van der Waals surface area contributed by atoms with E-state index in [9.17, 15) is 14.4 Å². The molecule has 0 saturated carbocycles. The summed E-state index contributed by atoms with van der Waals surface area (Å²) < 4.78 is 10.4. The van der Waals surface area contributed by atoms with E-state index in [0.717, 1.165) is 11.3 Å². The van der Waals surface area contributed by atoms with Gasteiger partial charge in [0.1, 0.15) is 5.75 Å². The Kier molecular flexibility index (Phi) is 5.65. The van der Waals surface area contributed by atoms with E-state index in [1.54, 1.807) is 31.4 Å². The number of nitrogens with one attached hydrogen (secondary N) is 1. The topological polar surface area (TPSA) is 88.2 Å². The highest BCUT2D eigenvalue weighted by Gasteiger charge is 2.60. The van der Waals surface area contributed by atoms with Crippen molar-refractivity contribution in [1.82, 2.24) is 10.2 Å². The third-order valence-electron chi connectivity index (χ3n) is 5.87. The Morgan fingerprint density at radius 3 is 2.55 bits per heavy atom. The Morgan fingerprint density at radius 1 is 1.10 bits per heavy atom. The molecule has 31 heavy (non-hydrogen) atoms. The van der Waals surface area contributed by atoms with Crippen molar-refractivity contribution in [3.8, 4) is 5.75 Å². The quantitative estimate of drug-likeness (QED) is 0.735. The molecular formula is C23H25N3O5. The van der Waals surface area contributed by atoms with Gasteiger partial charge in [-0.15, -0.1) is 0 Å². The summed E-state index contributed by atoms with van der Waals surface area (Å²) in [6.07, 6.45) is 0.408. The third-order valence-corrected chi connectivity index (χ3v) is 5.87. The number of carbonyl (C=O) groups excluding carboxylic acids is 3. The molecule has 2 aliphatic rings. The van der Waals surface area contributed by atoms with Crippen molar-refractivity contribution < 1.29 is 23.9 Å². The maximum absolute atomic E-state index is 13.6. The van der Waals surface area contributed by atoms with E-state index in [4.69, 9.17) is 9.47 Å². The van der Waals surface area contributed by atoms with Crippen LogP contribution < -0.4 is 15.0 Å². The Labute approximate surface area is 180 Å². The van der Waals surface area contributed by atoms with Crippen molar-refractivity contribution >= 4 is 23.4 Å². The van der Waals surface area contributed by atoms with Crippen molar-refractivity contribution in [3.63, 3.8) is 0 Å². The van der Waals surface area contributed by atoms with E-state index < -0.39 is 5.66 Å². The van der Waals surface area contributed by atoms with Crippen LogP contribution in [0.4, 0.5) is 5.69 Å². The van der Waals surface area contributed by atoms with Crippen LogP contribution in [-0.2, 0) is 20.9 Å². The molecule has 8 nitrogen and oxygen atoms in total. The molecule has 4 rings (SSSR count). The zero-order chi connectivity index (χ0) is 22.0. The first-order valence-electron chi connectivity index (χ1n) is 10.2. The number of hydrogen-bond acceptors (Lipinski definition) is 5. The first-order chi connectivity index (χ1) is 15.0. The first kappa shape index (κ1) is 20.9. The van der Waals surface area contributed by atoms with E-state index in [1.807, 2.05) is 24.3 Å². The lowest BCUT2D eigenvalue weighted by atomic mass is 9.95. The molecule has 2 heterocycles. The molecule has 8 heteroatoms. The predicted octanol–water partition coefficient (Wildman–Crippen LogP) is 1.94. The van der Waals surface area contributed by atoms with Gasteiger partial charge in [0.25, 0.3) is 11.8 Å². The molecule has 162 valence electrons. The van der Waals surface area contributed by atoms with Gasteiger partial charge >= 0.3 is 0 Å². The van der Waals surface area contributed by atoms with Crippen molar-refractivity contribution in [3.05, 3.63) is 59.7 Å². The molecule has 2 aromatic rings. The number of para-hydroxylation sites is 1. The van der Waals surface area contributed by atoms with Gasteiger partial charge in [0.15, 0.2) is 0 Å². The van der Waals surface area contributed by atoms with E-state index in [2.05, 4.69) is 5.32 Å². The molecule has 0 spiro atoms. The van der Waals surface area contributed by atoms with Crippen LogP contribution in [0.15, 0.2) is 48.5 Å². The SMILES string of the molecule is COCCN1C(=O)c2ccccc2N2C(=O)CC[C@@]12C(=O)NCc1ccc(OC)cc1. The molecule has 3 amide bonds. The number of ether oxygens (including phenoxy) is 2. The molecule has 1 fully saturated rings. The van der Waals surface area contributed by atoms with Gasteiger partial charge in [-0.25, -0.2) is 0 Å². The highest BCUT2D eigenvalue weighted by molar-refractivity contribution is 6.16. The summed E-state index contributed by atoms with van der Waals surface area (Å²) in [6, 6.07) is 14.3. The number of amides is 3. The average molecular weight is 423 g/mol. The minimum Gasteiger partial charge on any atom is -0.497 e. The molecule has 0 unspecified atom stereocenters. The number of anilines is 1. The largest absolute Gasteiger partial charge is 0.497 e. The summed E-state index contributed by atoms with van der Waals surface area (Å²) in [5.41, 5.74) is 0.358. The molecule has 1 atom stereocenters. The van der Waals surface area contributed by atoms with Crippen LogP contribution in [0.25, 0.3) is 0 Å². The monoisotopic (exact) mass is 423 g/mol. The molecule has 0 aromatic heterocycles. The van der Waals surface area contributed by atoms with Crippen LogP contribution in [0, 0.1) is 0 Å². The fourth-order valence-electron chi connectivity index (χ4n) is 4.34. The normalized spacial score (nSPS) is 19.8. The second-order valence-electron chi connectivity index (χ2n) is 7.54. The molecule has 2 aromatic carbocycles. The Bertz CT molecular complexity index is 1010. The van der Waals surface area contributed by atoms with Crippen molar-refractivity contribution in [2.24, 2.45) is 0 Å². The zero-order valence-electron chi connectivity index (χ0n) is 17.6. The van der Waals surface area contributed by atoms with Crippen LogP contribution in [0.3, 0.4) is 0 Å². The van der Waals surface area contributed by atoms with Crippen molar-refractivity contribution in [2.75, 3.05) is 32.3 Å². The highest BCUT2D eigenvalue weighted by Crippen LogP contribution is 2.44. The van der Waals surface area contributed by atoms with Gasteiger partial charge in [-0.3, -0.25) is 19.3 Å². The standard InChI is InChI=1S/C23H25N3O5/c1-30-14-13-25-21(28)18-5-3-4-6-19(18)26-20(27)11-12-23(25,26)22(29)24-15-16-7-9-17(31-2)10-8-16/h3-10H,11-15H2,1-2H3,(H,24,29)/t23-/m1/s1. The van der Waals surface area contributed by atoms with E-state index >= 15 is 0 Å². The second-order valence-corrected chi connectivity index (χ2v) is 7.54. The second kappa shape index (κ2) is 8.39. The molecule has 0 aliphatic carbocycles. The first-order valence-corrected chi connectivity index (χ1v) is 10.2. The van der Waals surface area contributed by atoms with Crippen LogP contribution in [-0.4, -0.2) is 55.7 Å². The van der Waals surface area contributed by atoms with Gasteiger partial charge < -0.3 is 19.7 Å².